The van der Waals surface area contributed by atoms with Gasteiger partial charge in [0.1, 0.15) is 17.5 Å². The molecule has 2 aromatic rings. The number of nitrogens with zero attached hydrogens (tertiary/aromatic N) is 2. The zero-order valence-corrected chi connectivity index (χ0v) is 13.9. The maximum atomic E-state index is 4.71. The third kappa shape index (κ3) is 3.18. The molecule has 0 spiro atoms. The van der Waals surface area contributed by atoms with E-state index in [0.717, 1.165) is 34.0 Å². The van der Waals surface area contributed by atoms with Crippen molar-refractivity contribution in [2.75, 3.05) is 17.7 Å². The van der Waals surface area contributed by atoms with Crippen LogP contribution in [0.25, 0.3) is 0 Å². The number of rotatable bonds is 5. The lowest BCUT2D eigenvalue weighted by Gasteiger charge is -2.14. The van der Waals surface area contributed by atoms with Crippen molar-refractivity contribution in [2.24, 2.45) is 0 Å². The number of anilines is 2. The van der Waals surface area contributed by atoms with E-state index in [1.807, 2.05) is 26.1 Å². The standard InChI is InChI=1S/C16H19BrN4/c1-10-14(18-2)20-16(11-7-8-11)21-15(10)19-9-12-5-3-4-6-13(12)17/h3-6,11H,7-9H2,1-2H3,(H2,18,19,20,21). The summed E-state index contributed by atoms with van der Waals surface area (Å²) in [5.41, 5.74) is 2.28. The van der Waals surface area contributed by atoms with Gasteiger partial charge in [0.15, 0.2) is 0 Å². The average molecular weight is 347 g/mol. The molecule has 0 radical (unpaired) electrons. The van der Waals surface area contributed by atoms with Crippen LogP contribution >= 0.6 is 15.9 Å². The van der Waals surface area contributed by atoms with E-state index in [1.54, 1.807) is 0 Å². The third-order valence-electron chi connectivity index (χ3n) is 3.75. The summed E-state index contributed by atoms with van der Waals surface area (Å²) in [5, 5.41) is 6.61. The number of hydrogen-bond donors (Lipinski definition) is 2. The van der Waals surface area contributed by atoms with Gasteiger partial charge in [-0.15, -0.1) is 0 Å². The highest BCUT2D eigenvalue weighted by Gasteiger charge is 2.28. The first-order valence-electron chi connectivity index (χ1n) is 7.22. The number of hydrogen-bond acceptors (Lipinski definition) is 4. The van der Waals surface area contributed by atoms with Gasteiger partial charge < -0.3 is 10.6 Å². The number of aromatic nitrogens is 2. The van der Waals surface area contributed by atoms with Crippen molar-refractivity contribution in [3.63, 3.8) is 0 Å². The molecular formula is C16H19BrN4. The van der Waals surface area contributed by atoms with E-state index in [0.29, 0.717) is 5.92 Å². The summed E-state index contributed by atoms with van der Waals surface area (Å²) in [6.45, 7) is 2.79. The van der Waals surface area contributed by atoms with Crippen LogP contribution in [0, 0.1) is 6.92 Å². The number of halogens is 1. The summed E-state index contributed by atoms with van der Waals surface area (Å²) in [4.78, 5) is 9.32. The average Bonchev–Trinajstić information content (AvgIpc) is 3.32. The van der Waals surface area contributed by atoms with Gasteiger partial charge in [-0.2, -0.15) is 0 Å². The van der Waals surface area contributed by atoms with Crippen LogP contribution in [0.15, 0.2) is 28.7 Å². The molecule has 0 saturated heterocycles. The van der Waals surface area contributed by atoms with Gasteiger partial charge in [-0.1, -0.05) is 34.1 Å². The summed E-state index contributed by atoms with van der Waals surface area (Å²) >= 11 is 3.58. The van der Waals surface area contributed by atoms with E-state index >= 15 is 0 Å². The lowest BCUT2D eigenvalue weighted by molar-refractivity contribution is 0.913. The molecule has 0 amide bonds. The van der Waals surface area contributed by atoms with Gasteiger partial charge >= 0.3 is 0 Å². The van der Waals surface area contributed by atoms with E-state index in [1.165, 1.54) is 18.4 Å². The molecule has 1 heterocycles. The minimum Gasteiger partial charge on any atom is -0.373 e. The van der Waals surface area contributed by atoms with Gasteiger partial charge in [0, 0.05) is 29.5 Å². The Morgan fingerprint density at radius 1 is 1.19 bits per heavy atom. The lowest BCUT2D eigenvalue weighted by Crippen LogP contribution is -2.09. The van der Waals surface area contributed by atoms with Gasteiger partial charge in [0.2, 0.25) is 0 Å². The molecule has 4 nitrogen and oxygen atoms in total. The molecule has 5 heteroatoms. The van der Waals surface area contributed by atoms with Crippen molar-refractivity contribution >= 4 is 27.6 Å². The van der Waals surface area contributed by atoms with Gasteiger partial charge in [-0.25, -0.2) is 9.97 Å². The van der Waals surface area contributed by atoms with Crippen molar-refractivity contribution in [2.45, 2.75) is 32.2 Å². The SMILES string of the molecule is CNc1nc(C2CC2)nc(NCc2ccccc2Br)c1C. The van der Waals surface area contributed by atoms with Crippen molar-refractivity contribution in [1.82, 2.24) is 9.97 Å². The van der Waals surface area contributed by atoms with Crippen molar-refractivity contribution in [3.05, 3.63) is 45.7 Å². The molecule has 110 valence electrons. The van der Waals surface area contributed by atoms with Crippen LogP contribution in [-0.4, -0.2) is 17.0 Å². The van der Waals surface area contributed by atoms with Gasteiger partial charge in [0.05, 0.1) is 0 Å². The van der Waals surface area contributed by atoms with Crippen LogP contribution in [0.2, 0.25) is 0 Å². The fourth-order valence-corrected chi connectivity index (χ4v) is 2.72. The highest BCUT2D eigenvalue weighted by atomic mass is 79.9. The zero-order chi connectivity index (χ0) is 14.8. The number of nitrogens with one attached hydrogen (secondary N) is 2. The molecule has 1 aromatic carbocycles. The Morgan fingerprint density at radius 3 is 2.57 bits per heavy atom. The molecule has 21 heavy (non-hydrogen) atoms. The van der Waals surface area contributed by atoms with Crippen LogP contribution in [0.3, 0.4) is 0 Å². The molecule has 3 rings (SSSR count). The van der Waals surface area contributed by atoms with Gasteiger partial charge in [-0.3, -0.25) is 0 Å². The Labute approximate surface area is 133 Å². The van der Waals surface area contributed by atoms with E-state index in [-0.39, 0.29) is 0 Å². The smallest absolute Gasteiger partial charge is 0.136 e. The summed E-state index contributed by atoms with van der Waals surface area (Å²) in [7, 11) is 1.91. The Kier molecular flexibility index (Phi) is 4.10. The lowest BCUT2D eigenvalue weighted by atomic mass is 10.2. The molecule has 1 aliphatic carbocycles. The van der Waals surface area contributed by atoms with E-state index < -0.39 is 0 Å². The van der Waals surface area contributed by atoms with Crippen LogP contribution in [0.4, 0.5) is 11.6 Å². The molecule has 2 N–H and O–H groups in total. The Hall–Kier alpha value is -1.62. The number of benzene rings is 1. The fraction of sp³-hybridized carbons (Fsp3) is 0.375. The minimum atomic E-state index is 0.543. The highest BCUT2D eigenvalue weighted by Crippen LogP contribution is 2.39. The highest BCUT2D eigenvalue weighted by molar-refractivity contribution is 9.10. The first-order chi connectivity index (χ1) is 10.2. The predicted octanol–water partition coefficient (Wildman–Crippen LogP) is 4.08. The monoisotopic (exact) mass is 346 g/mol. The second-order valence-electron chi connectivity index (χ2n) is 5.37. The van der Waals surface area contributed by atoms with Crippen molar-refractivity contribution < 1.29 is 0 Å². The maximum absolute atomic E-state index is 4.71. The summed E-state index contributed by atoms with van der Waals surface area (Å²) in [6, 6.07) is 8.23. The largest absolute Gasteiger partial charge is 0.373 e. The minimum absolute atomic E-state index is 0.543. The molecule has 0 atom stereocenters. The second-order valence-corrected chi connectivity index (χ2v) is 6.23. The topological polar surface area (TPSA) is 49.8 Å². The van der Waals surface area contributed by atoms with Gasteiger partial charge in [-0.05, 0) is 31.4 Å². The summed E-state index contributed by atoms with van der Waals surface area (Å²) < 4.78 is 1.11. The Bertz CT molecular complexity index is 653. The Balaban J connectivity index is 1.84. The summed E-state index contributed by atoms with van der Waals surface area (Å²) in [5.74, 6) is 3.34. The molecule has 1 aliphatic rings. The first-order valence-corrected chi connectivity index (χ1v) is 8.02. The van der Waals surface area contributed by atoms with Crippen LogP contribution in [0.1, 0.15) is 35.7 Å². The molecule has 0 unspecified atom stereocenters. The van der Waals surface area contributed by atoms with E-state index in [9.17, 15) is 0 Å². The zero-order valence-electron chi connectivity index (χ0n) is 12.3. The summed E-state index contributed by atoms with van der Waals surface area (Å²) in [6.07, 6.45) is 2.41. The third-order valence-corrected chi connectivity index (χ3v) is 4.52. The maximum Gasteiger partial charge on any atom is 0.136 e. The van der Waals surface area contributed by atoms with Crippen LogP contribution in [0.5, 0.6) is 0 Å². The van der Waals surface area contributed by atoms with Gasteiger partial charge in [0.25, 0.3) is 0 Å². The van der Waals surface area contributed by atoms with Crippen LogP contribution < -0.4 is 10.6 Å². The van der Waals surface area contributed by atoms with Crippen LogP contribution in [-0.2, 0) is 6.54 Å². The molecule has 0 bridgehead atoms. The fourth-order valence-electron chi connectivity index (χ4n) is 2.29. The first kappa shape index (κ1) is 14.3. The predicted molar refractivity (Wildman–Crippen MR) is 89.8 cm³/mol. The van der Waals surface area contributed by atoms with E-state index in [2.05, 4.69) is 43.7 Å². The van der Waals surface area contributed by atoms with Crippen molar-refractivity contribution in [3.8, 4) is 0 Å². The quantitative estimate of drug-likeness (QED) is 0.856. The molecular weight excluding hydrogens is 328 g/mol. The molecule has 1 saturated carbocycles. The van der Waals surface area contributed by atoms with E-state index in [4.69, 9.17) is 4.98 Å². The normalized spacial score (nSPS) is 14.0. The molecule has 0 aliphatic heterocycles. The Morgan fingerprint density at radius 2 is 1.90 bits per heavy atom. The molecule has 1 fully saturated rings. The molecule has 1 aromatic heterocycles. The van der Waals surface area contributed by atoms with Crippen molar-refractivity contribution in [1.29, 1.82) is 0 Å². The second kappa shape index (κ2) is 6.02.